The Hall–Kier alpha value is -1.79. The van der Waals surface area contributed by atoms with E-state index in [1.807, 2.05) is 0 Å². The van der Waals surface area contributed by atoms with E-state index in [0.717, 1.165) is 12.8 Å². The summed E-state index contributed by atoms with van der Waals surface area (Å²) < 4.78 is 0. The molecule has 7 heteroatoms. The van der Waals surface area contributed by atoms with Crippen LogP contribution in [0.3, 0.4) is 0 Å². The van der Waals surface area contributed by atoms with Crippen LogP contribution in [0.5, 0.6) is 0 Å². The lowest BCUT2D eigenvalue weighted by atomic mass is 10.4. The molecule has 0 aromatic carbocycles. The number of rotatable bonds is 7. The zero-order chi connectivity index (χ0) is 13.5. The van der Waals surface area contributed by atoms with Gasteiger partial charge in [0.25, 0.3) is 0 Å². The van der Waals surface area contributed by atoms with Gasteiger partial charge in [-0.1, -0.05) is 0 Å². The number of urea groups is 1. The summed E-state index contributed by atoms with van der Waals surface area (Å²) >= 11 is 0. The molecule has 1 saturated carbocycles. The van der Waals surface area contributed by atoms with E-state index < -0.39 is 5.97 Å². The van der Waals surface area contributed by atoms with Crippen molar-refractivity contribution >= 4 is 17.9 Å². The Kier molecular flexibility index (Phi) is 5.41. The molecule has 1 fully saturated rings. The number of carboxylic acid groups (broad SMARTS) is 1. The van der Waals surface area contributed by atoms with Crippen LogP contribution in [-0.2, 0) is 9.59 Å². The number of amides is 3. The normalized spacial score (nSPS) is 13.8. The fraction of sp³-hybridized carbons (Fsp3) is 0.727. The first kappa shape index (κ1) is 14.3. The van der Waals surface area contributed by atoms with E-state index >= 15 is 0 Å². The number of carboxylic acids is 1. The predicted octanol–water partition coefficient (Wildman–Crippen LogP) is -0.371. The number of hydrogen-bond donors (Lipinski definition) is 3. The molecule has 0 saturated heterocycles. The van der Waals surface area contributed by atoms with E-state index in [2.05, 4.69) is 10.6 Å². The number of hydrogen-bond acceptors (Lipinski definition) is 3. The smallest absolute Gasteiger partial charge is 0.317 e. The second-order valence-corrected chi connectivity index (χ2v) is 4.36. The molecule has 0 heterocycles. The Bertz CT molecular complexity index is 328. The Labute approximate surface area is 106 Å². The Balaban J connectivity index is 2.04. The summed E-state index contributed by atoms with van der Waals surface area (Å²) in [5.41, 5.74) is 0. The third kappa shape index (κ3) is 5.51. The molecule has 102 valence electrons. The molecule has 0 bridgehead atoms. The molecule has 3 N–H and O–H groups in total. The third-order valence-corrected chi connectivity index (χ3v) is 2.66. The highest BCUT2D eigenvalue weighted by atomic mass is 16.4. The van der Waals surface area contributed by atoms with Crippen molar-refractivity contribution in [3.8, 4) is 0 Å². The van der Waals surface area contributed by atoms with Crippen LogP contribution in [0.25, 0.3) is 0 Å². The van der Waals surface area contributed by atoms with Crippen LogP contribution in [0, 0.1) is 5.92 Å². The second kappa shape index (κ2) is 6.83. The van der Waals surface area contributed by atoms with Crippen molar-refractivity contribution in [1.82, 2.24) is 15.5 Å². The highest BCUT2D eigenvalue weighted by molar-refractivity contribution is 5.81. The van der Waals surface area contributed by atoms with Gasteiger partial charge in [0, 0.05) is 32.6 Å². The largest absolute Gasteiger partial charge is 0.481 e. The van der Waals surface area contributed by atoms with Crippen molar-refractivity contribution in [2.45, 2.75) is 19.3 Å². The molecule has 0 radical (unpaired) electrons. The van der Waals surface area contributed by atoms with Gasteiger partial charge in [-0.3, -0.25) is 9.59 Å². The first-order valence-corrected chi connectivity index (χ1v) is 5.99. The number of aliphatic carboxylic acids is 1. The van der Waals surface area contributed by atoms with E-state index in [-0.39, 0.29) is 30.8 Å². The van der Waals surface area contributed by atoms with E-state index in [4.69, 9.17) is 5.11 Å². The van der Waals surface area contributed by atoms with Gasteiger partial charge in [0.1, 0.15) is 0 Å². The Morgan fingerprint density at radius 2 is 1.83 bits per heavy atom. The lowest BCUT2D eigenvalue weighted by molar-refractivity contribution is -0.137. The summed E-state index contributed by atoms with van der Waals surface area (Å²) in [5, 5.41) is 13.8. The van der Waals surface area contributed by atoms with Gasteiger partial charge in [-0.2, -0.15) is 0 Å². The molecule has 3 amide bonds. The standard InChI is InChI=1S/C11H19N3O4/c1-14(7-4-9(15)16)11(18)13-6-5-12-10(17)8-2-3-8/h8H,2-7H2,1H3,(H,12,17)(H,13,18)(H,15,16). The fourth-order valence-corrected chi connectivity index (χ4v) is 1.34. The van der Waals surface area contributed by atoms with Gasteiger partial charge in [0.05, 0.1) is 6.42 Å². The molecule has 0 aromatic rings. The highest BCUT2D eigenvalue weighted by Gasteiger charge is 2.28. The number of nitrogens with one attached hydrogen (secondary N) is 2. The molecule has 1 aliphatic carbocycles. The van der Waals surface area contributed by atoms with Gasteiger partial charge in [-0.15, -0.1) is 0 Å². The minimum atomic E-state index is -0.939. The van der Waals surface area contributed by atoms with Gasteiger partial charge in [-0.05, 0) is 12.8 Å². The van der Waals surface area contributed by atoms with Crippen molar-refractivity contribution < 1.29 is 19.5 Å². The van der Waals surface area contributed by atoms with Crippen LogP contribution in [0.15, 0.2) is 0 Å². The highest BCUT2D eigenvalue weighted by Crippen LogP contribution is 2.28. The first-order valence-electron chi connectivity index (χ1n) is 5.99. The number of nitrogens with zero attached hydrogens (tertiary/aromatic N) is 1. The zero-order valence-corrected chi connectivity index (χ0v) is 10.4. The molecule has 0 aliphatic heterocycles. The zero-order valence-electron chi connectivity index (χ0n) is 10.4. The molecule has 0 aromatic heterocycles. The molecular formula is C11H19N3O4. The Morgan fingerprint density at radius 3 is 2.39 bits per heavy atom. The van der Waals surface area contributed by atoms with Crippen molar-refractivity contribution in [2.75, 3.05) is 26.7 Å². The monoisotopic (exact) mass is 257 g/mol. The molecule has 1 aliphatic rings. The van der Waals surface area contributed by atoms with Crippen LogP contribution >= 0.6 is 0 Å². The van der Waals surface area contributed by atoms with Crippen LogP contribution in [-0.4, -0.2) is 54.6 Å². The van der Waals surface area contributed by atoms with Crippen LogP contribution in [0.1, 0.15) is 19.3 Å². The molecule has 7 nitrogen and oxygen atoms in total. The van der Waals surface area contributed by atoms with E-state index in [1.165, 1.54) is 11.9 Å². The van der Waals surface area contributed by atoms with Crippen molar-refractivity contribution in [1.29, 1.82) is 0 Å². The van der Waals surface area contributed by atoms with Crippen LogP contribution in [0.2, 0.25) is 0 Å². The average molecular weight is 257 g/mol. The summed E-state index contributed by atoms with van der Waals surface area (Å²) in [5.74, 6) is -0.728. The van der Waals surface area contributed by atoms with Crippen molar-refractivity contribution in [3.63, 3.8) is 0 Å². The topological polar surface area (TPSA) is 98.7 Å². The molecule has 0 atom stereocenters. The van der Waals surface area contributed by atoms with Gasteiger partial charge >= 0.3 is 12.0 Å². The molecule has 0 spiro atoms. The van der Waals surface area contributed by atoms with E-state index in [1.54, 1.807) is 0 Å². The molecule has 18 heavy (non-hydrogen) atoms. The lowest BCUT2D eigenvalue weighted by Gasteiger charge is -2.16. The maximum absolute atomic E-state index is 11.5. The van der Waals surface area contributed by atoms with E-state index in [0.29, 0.717) is 13.1 Å². The maximum Gasteiger partial charge on any atom is 0.317 e. The first-order chi connectivity index (χ1) is 8.50. The predicted molar refractivity (Wildman–Crippen MR) is 64.0 cm³/mol. The molecular weight excluding hydrogens is 238 g/mol. The average Bonchev–Trinajstić information content (AvgIpc) is 3.14. The summed E-state index contributed by atoms with van der Waals surface area (Å²) in [6, 6.07) is -0.336. The third-order valence-electron chi connectivity index (χ3n) is 2.66. The van der Waals surface area contributed by atoms with Crippen molar-refractivity contribution in [2.24, 2.45) is 5.92 Å². The van der Waals surface area contributed by atoms with E-state index in [9.17, 15) is 14.4 Å². The number of carbonyl (C=O) groups is 3. The van der Waals surface area contributed by atoms with Crippen LogP contribution < -0.4 is 10.6 Å². The minimum absolute atomic E-state index is 0.0449. The van der Waals surface area contributed by atoms with Gasteiger partial charge in [0.15, 0.2) is 0 Å². The van der Waals surface area contributed by atoms with Gasteiger partial charge in [-0.25, -0.2) is 4.79 Å². The van der Waals surface area contributed by atoms with Gasteiger partial charge in [0.2, 0.25) is 5.91 Å². The quantitative estimate of drug-likeness (QED) is 0.542. The summed E-state index contributed by atoms with van der Waals surface area (Å²) in [7, 11) is 1.53. The van der Waals surface area contributed by atoms with Crippen molar-refractivity contribution in [3.05, 3.63) is 0 Å². The lowest BCUT2D eigenvalue weighted by Crippen LogP contribution is -2.42. The van der Waals surface area contributed by atoms with Gasteiger partial charge < -0.3 is 20.6 Å². The Morgan fingerprint density at radius 1 is 1.22 bits per heavy atom. The molecule has 1 rings (SSSR count). The number of carbonyl (C=O) groups excluding carboxylic acids is 2. The minimum Gasteiger partial charge on any atom is -0.481 e. The second-order valence-electron chi connectivity index (χ2n) is 4.36. The van der Waals surface area contributed by atoms with Crippen LogP contribution in [0.4, 0.5) is 4.79 Å². The molecule has 0 unspecified atom stereocenters. The fourth-order valence-electron chi connectivity index (χ4n) is 1.34. The summed E-state index contributed by atoms with van der Waals surface area (Å²) in [6.07, 6.45) is 1.83. The maximum atomic E-state index is 11.5. The summed E-state index contributed by atoms with van der Waals surface area (Å²) in [6.45, 7) is 0.901. The summed E-state index contributed by atoms with van der Waals surface area (Å²) in [4.78, 5) is 34.3. The SMILES string of the molecule is CN(CCC(=O)O)C(=O)NCCNC(=O)C1CC1.